The zero-order valence-corrected chi connectivity index (χ0v) is 29.6. The number of alkyl halides is 1. The Hall–Kier alpha value is -1.84. The van der Waals surface area contributed by atoms with Crippen molar-refractivity contribution in [1.82, 2.24) is 10.0 Å². The van der Waals surface area contributed by atoms with Crippen molar-refractivity contribution in [1.29, 1.82) is 0 Å². The van der Waals surface area contributed by atoms with Crippen molar-refractivity contribution in [2.75, 3.05) is 31.3 Å². The highest BCUT2D eigenvalue weighted by molar-refractivity contribution is 7.89. The highest BCUT2D eigenvalue weighted by Crippen LogP contribution is 2.15. The van der Waals surface area contributed by atoms with Crippen molar-refractivity contribution in [3.63, 3.8) is 0 Å². The fourth-order valence-corrected chi connectivity index (χ4v) is 6.67. The second-order valence-electron chi connectivity index (χ2n) is 12.2. The first-order chi connectivity index (χ1) is 21.8. The molecule has 2 unspecified atom stereocenters. The Morgan fingerprint density at radius 3 is 1.87 bits per heavy atom. The van der Waals surface area contributed by atoms with Gasteiger partial charge in [0.15, 0.2) is 0 Å². The quantitative estimate of drug-likeness (QED) is 0.0500. The van der Waals surface area contributed by atoms with Gasteiger partial charge in [-0.1, -0.05) is 121 Å². The molecule has 0 saturated heterocycles. The molecule has 0 aromatic heterocycles. The number of esters is 1. The molecule has 10 heteroatoms. The third-order valence-electron chi connectivity index (χ3n) is 7.87. The first-order valence-electron chi connectivity index (χ1n) is 17.5. The summed E-state index contributed by atoms with van der Waals surface area (Å²) in [7, 11) is -3.52. The molecule has 45 heavy (non-hydrogen) atoms. The van der Waals surface area contributed by atoms with E-state index in [2.05, 4.69) is 17.0 Å². The summed E-state index contributed by atoms with van der Waals surface area (Å²) >= 11 is 5.64. The van der Waals surface area contributed by atoms with Crippen molar-refractivity contribution >= 4 is 33.7 Å². The smallest absolute Gasteiger partial charge is 0.407 e. The van der Waals surface area contributed by atoms with Crippen molar-refractivity contribution in [2.45, 2.75) is 136 Å². The lowest BCUT2D eigenvalue weighted by molar-refractivity contribution is 0.0253. The van der Waals surface area contributed by atoms with Crippen LogP contribution in [0.1, 0.15) is 140 Å². The summed E-state index contributed by atoms with van der Waals surface area (Å²) in [6.07, 6.45) is 20.3. The van der Waals surface area contributed by atoms with Gasteiger partial charge >= 0.3 is 12.1 Å². The van der Waals surface area contributed by atoms with Gasteiger partial charge in [0.25, 0.3) is 0 Å². The van der Waals surface area contributed by atoms with Crippen LogP contribution in [0.3, 0.4) is 0 Å². The molecule has 0 saturated carbocycles. The molecule has 2 N–H and O–H groups in total. The summed E-state index contributed by atoms with van der Waals surface area (Å²) in [4.78, 5) is 24.8. The summed E-state index contributed by atoms with van der Waals surface area (Å²) in [6.45, 7) is 4.60. The van der Waals surface area contributed by atoms with Gasteiger partial charge in [-0.25, -0.2) is 22.7 Å². The fourth-order valence-electron chi connectivity index (χ4n) is 5.22. The first kappa shape index (κ1) is 41.2. The lowest BCUT2D eigenvalue weighted by atomic mass is 10.0. The predicted octanol–water partition coefficient (Wildman–Crippen LogP) is 8.77. The van der Waals surface area contributed by atoms with Crippen molar-refractivity contribution in [3.8, 4) is 0 Å². The Morgan fingerprint density at radius 1 is 0.800 bits per heavy atom. The van der Waals surface area contributed by atoms with Gasteiger partial charge in [-0.3, -0.25) is 0 Å². The lowest BCUT2D eigenvalue weighted by Gasteiger charge is -2.22. The molecular weight excluding hydrogens is 612 g/mol. The molecule has 0 radical (unpaired) electrons. The number of hydrogen-bond acceptors (Lipinski definition) is 6. The first-order valence-corrected chi connectivity index (χ1v) is 19.7. The number of carbonyl (C=O) groups excluding carboxylic acids is 2. The van der Waals surface area contributed by atoms with Gasteiger partial charge in [-0.15, -0.1) is 11.6 Å². The second kappa shape index (κ2) is 27.3. The fraction of sp³-hybridized carbons (Fsp3) is 0.771. The molecule has 0 spiro atoms. The van der Waals surface area contributed by atoms with Gasteiger partial charge in [0.1, 0.15) is 0 Å². The third-order valence-corrected chi connectivity index (χ3v) is 9.57. The van der Waals surface area contributed by atoms with Crippen molar-refractivity contribution < 1.29 is 27.5 Å². The van der Waals surface area contributed by atoms with E-state index in [0.29, 0.717) is 24.9 Å². The predicted molar refractivity (Wildman–Crippen MR) is 185 cm³/mol. The summed E-state index contributed by atoms with van der Waals surface area (Å²) in [6, 6.07) is 8.67. The molecule has 0 heterocycles. The Bertz CT molecular complexity index is 980. The topological polar surface area (TPSA) is 111 Å². The van der Waals surface area contributed by atoms with Gasteiger partial charge in [0, 0.05) is 24.9 Å². The number of alkyl carbamates (subject to hydrolysis) is 1. The van der Waals surface area contributed by atoms with Crippen LogP contribution in [0.15, 0.2) is 30.3 Å². The van der Waals surface area contributed by atoms with E-state index in [-0.39, 0.29) is 30.7 Å². The third kappa shape index (κ3) is 24.1. The van der Waals surface area contributed by atoms with Crippen LogP contribution in [0.5, 0.6) is 0 Å². The number of nitrogens with one attached hydrogen (secondary N) is 2. The zero-order valence-electron chi connectivity index (χ0n) is 28.0. The van der Waals surface area contributed by atoms with Crippen LogP contribution >= 0.6 is 11.6 Å². The SMILES string of the molecule is CCCCCCCCCCCCCCCCCCNC(=O)OCC(CNS(=O)(=O)CCCCl)CC(C)OC(=O)c1ccccc1. The van der Waals surface area contributed by atoms with Crippen LogP contribution in [0.2, 0.25) is 0 Å². The molecule has 0 aliphatic carbocycles. The van der Waals surface area contributed by atoms with Gasteiger partial charge in [-0.05, 0) is 38.3 Å². The summed E-state index contributed by atoms with van der Waals surface area (Å²) in [5.41, 5.74) is 0.437. The number of halogens is 1. The molecule has 1 aromatic carbocycles. The maximum absolute atomic E-state index is 12.4. The van der Waals surface area contributed by atoms with Gasteiger partial charge < -0.3 is 14.8 Å². The number of benzene rings is 1. The minimum atomic E-state index is -3.52. The Morgan fingerprint density at radius 2 is 1.33 bits per heavy atom. The molecule has 1 aromatic rings. The molecular formula is C35H61ClN2O6S. The summed E-state index contributed by atoms with van der Waals surface area (Å²) < 4.78 is 38.1. The monoisotopic (exact) mass is 672 g/mol. The van der Waals surface area contributed by atoms with Crippen LogP contribution in [0, 0.1) is 5.92 Å². The van der Waals surface area contributed by atoms with Crippen molar-refractivity contribution in [3.05, 3.63) is 35.9 Å². The molecule has 0 bridgehead atoms. The molecule has 0 aliphatic heterocycles. The van der Waals surface area contributed by atoms with E-state index in [1.54, 1.807) is 31.2 Å². The minimum Gasteiger partial charge on any atom is -0.459 e. The Labute approximate surface area is 279 Å². The number of ether oxygens (including phenoxy) is 2. The number of amides is 1. The van der Waals surface area contributed by atoms with E-state index < -0.39 is 28.2 Å². The number of carbonyl (C=O) groups is 2. The maximum atomic E-state index is 12.4. The summed E-state index contributed by atoms with van der Waals surface area (Å²) in [5, 5.41) is 2.80. The molecule has 0 fully saturated rings. The summed E-state index contributed by atoms with van der Waals surface area (Å²) in [5.74, 6) is -0.667. The molecule has 260 valence electrons. The molecule has 8 nitrogen and oxygen atoms in total. The number of unbranched alkanes of at least 4 members (excludes halogenated alkanes) is 15. The van der Waals surface area contributed by atoms with E-state index in [4.69, 9.17) is 21.1 Å². The van der Waals surface area contributed by atoms with E-state index in [0.717, 1.165) is 12.8 Å². The number of rotatable bonds is 29. The van der Waals surface area contributed by atoms with Crippen LogP contribution in [0.4, 0.5) is 4.79 Å². The second-order valence-corrected chi connectivity index (χ2v) is 14.5. The average molecular weight is 673 g/mol. The Balaban J connectivity index is 2.23. The van der Waals surface area contributed by atoms with Crippen LogP contribution in [0.25, 0.3) is 0 Å². The average Bonchev–Trinajstić information content (AvgIpc) is 3.03. The van der Waals surface area contributed by atoms with E-state index in [1.165, 1.54) is 89.9 Å². The normalized spacial score (nSPS) is 12.9. The molecule has 0 aliphatic rings. The molecule has 1 amide bonds. The van der Waals surface area contributed by atoms with E-state index in [1.807, 2.05) is 6.07 Å². The van der Waals surface area contributed by atoms with Gasteiger partial charge in [0.2, 0.25) is 10.0 Å². The minimum absolute atomic E-state index is 0.00392. The van der Waals surface area contributed by atoms with Crippen LogP contribution in [-0.4, -0.2) is 57.9 Å². The number of hydrogen-bond donors (Lipinski definition) is 2. The molecule has 1 rings (SSSR count). The van der Waals surface area contributed by atoms with Crippen LogP contribution < -0.4 is 10.0 Å². The highest BCUT2D eigenvalue weighted by Gasteiger charge is 2.21. The van der Waals surface area contributed by atoms with Gasteiger partial charge in [-0.2, -0.15) is 0 Å². The Kier molecular flexibility index (Phi) is 25.0. The standard InChI is InChI=1S/C35H61ClN2O6S/c1-3-4-5-6-7-8-9-10-11-12-13-14-15-16-17-21-26-37-35(40)43-30-32(29-38-45(41,42)27-22-25-36)28-31(2)44-34(39)33-23-19-18-20-24-33/h18-20,23-24,31-32,38H,3-17,21-22,25-30H2,1-2H3,(H,37,40). The van der Waals surface area contributed by atoms with Gasteiger partial charge in [0.05, 0.1) is 24.0 Å². The largest absolute Gasteiger partial charge is 0.459 e. The van der Waals surface area contributed by atoms with E-state index >= 15 is 0 Å². The molecule has 2 atom stereocenters. The van der Waals surface area contributed by atoms with E-state index in [9.17, 15) is 18.0 Å². The maximum Gasteiger partial charge on any atom is 0.407 e. The zero-order chi connectivity index (χ0) is 33.0. The number of sulfonamides is 1. The van der Waals surface area contributed by atoms with Crippen LogP contribution in [-0.2, 0) is 19.5 Å². The highest BCUT2D eigenvalue weighted by atomic mass is 35.5. The van der Waals surface area contributed by atoms with Crippen molar-refractivity contribution in [2.24, 2.45) is 5.92 Å². The lowest BCUT2D eigenvalue weighted by Crippen LogP contribution is -2.36.